The Labute approximate surface area is 123 Å². The Morgan fingerprint density at radius 1 is 1.35 bits per heavy atom. The van der Waals surface area contributed by atoms with Gasteiger partial charge in [0.1, 0.15) is 0 Å². The Balaban J connectivity index is 1.77. The second-order valence-electron chi connectivity index (χ2n) is 5.71. The molecule has 0 spiro atoms. The maximum absolute atomic E-state index is 5.72. The Kier molecular flexibility index (Phi) is 5.86. The summed E-state index contributed by atoms with van der Waals surface area (Å²) in [5, 5.41) is 3.60. The highest BCUT2D eigenvalue weighted by atomic mass is 16.5. The third-order valence-corrected chi connectivity index (χ3v) is 4.15. The van der Waals surface area contributed by atoms with Crippen LogP contribution in [0.4, 0.5) is 5.69 Å². The van der Waals surface area contributed by atoms with Crippen molar-refractivity contribution in [3.63, 3.8) is 0 Å². The number of hydrogen-bond donors (Lipinski definition) is 1. The van der Waals surface area contributed by atoms with Crippen LogP contribution in [0.3, 0.4) is 0 Å². The van der Waals surface area contributed by atoms with Gasteiger partial charge in [0.15, 0.2) is 0 Å². The van der Waals surface area contributed by atoms with Gasteiger partial charge < -0.3 is 15.0 Å². The van der Waals surface area contributed by atoms with Gasteiger partial charge in [-0.1, -0.05) is 17.7 Å². The van der Waals surface area contributed by atoms with Crippen LogP contribution in [0.5, 0.6) is 0 Å². The number of ether oxygens (including phenoxy) is 1. The molecule has 0 aromatic heterocycles. The van der Waals surface area contributed by atoms with Crippen LogP contribution in [0, 0.1) is 6.92 Å². The molecule has 0 aliphatic carbocycles. The van der Waals surface area contributed by atoms with Crippen LogP contribution in [0.15, 0.2) is 24.3 Å². The molecule has 1 aromatic carbocycles. The van der Waals surface area contributed by atoms with Crippen molar-refractivity contribution in [1.82, 2.24) is 5.32 Å². The third kappa shape index (κ3) is 4.22. The van der Waals surface area contributed by atoms with Crippen molar-refractivity contribution in [2.45, 2.75) is 45.8 Å². The highest BCUT2D eigenvalue weighted by molar-refractivity contribution is 5.47. The molecular weight excluding hydrogens is 248 g/mol. The molecule has 1 heterocycles. The minimum Gasteiger partial charge on any atom is -0.377 e. The van der Waals surface area contributed by atoms with Crippen molar-refractivity contribution >= 4 is 5.69 Å². The fourth-order valence-electron chi connectivity index (χ4n) is 2.78. The molecule has 0 saturated carbocycles. The van der Waals surface area contributed by atoms with Gasteiger partial charge in [-0.2, -0.15) is 0 Å². The van der Waals surface area contributed by atoms with Gasteiger partial charge in [0.2, 0.25) is 0 Å². The predicted octanol–water partition coefficient (Wildman–Crippen LogP) is 2.98. The van der Waals surface area contributed by atoms with E-state index < -0.39 is 0 Å². The average Bonchev–Trinajstić information content (AvgIpc) is 2.99. The van der Waals surface area contributed by atoms with E-state index in [0.29, 0.717) is 12.1 Å². The van der Waals surface area contributed by atoms with Gasteiger partial charge in [0.05, 0.1) is 6.10 Å². The molecule has 3 heteroatoms. The first kappa shape index (κ1) is 15.3. The summed E-state index contributed by atoms with van der Waals surface area (Å²) in [5.74, 6) is 0. The highest BCUT2D eigenvalue weighted by Gasteiger charge is 2.21. The Morgan fingerprint density at radius 2 is 2.10 bits per heavy atom. The molecule has 1 aromatic rings. The van der Waals surface area contributed by atoms with Gasteiger partial charge in [-0.05, 0) is 45.7 Å². The molecule has 1 fully saturated rings. The Bertz CT molecular complexity index is 384. The van der Waals surface area contributed by atoms with E-state index in [0.717, 1.165) is 26.2 Å². The molecule has 0 amide bonds. The van der Waals surface area contributed by atoms with Gasteiger partial charge in [-0.15, -0.1) is 0 Å². The first-order valence-corrected chi connectivity index (χ1v) is 7.87. The highest BCUT2D eigenvalue weighted by Crippen LogP contribution is 2.16. The van der Waals surface area contributed by atoms with Crippen molar-refractivity contribution in [3.8, 4) is 0 Å². The monoisotopic (exact) mass is 276 g/mol. The standard InChI is InChI=1S/C17H28N2O/c1-4-19(16-9-7-14(2)8-10-16)12-11-18-15(3)17-6-5-13-20-17/h7-10,15,17-18H,4-6,11-13H2,1-3H3. The van der Waals surface area contributed by atoms with Crippen LogP contribution in [0.2, 0.25) is 0 Å². The molecule has 0 radical (unpaired) electrons. The number of rotatable bonds is 7. The summed E-state index contributed by atoms with van der Waals surface area (Å²) < 4.78 is 5.72. The first-order valence-electron chi connectivity index (χ1n) is 7.87. The number of hydrogen-bond acceptors (Lipinski definition) is 3. The summed E-state index contributed by atoms with van der Waals surface area (Å²) in [6, 6.07) is 9.24. The normalized spacial score (nSPS) is 20.1. The molecule has 1 aliphatic rings. The maximum atomic E-state index is 5.72. The lowest BCUT2D eigenvalue weighted by Gasteiger charge is -2.26. The van der Waals surface area contributed by atoms with Crippen LogP contribution in [-0.2, 0) is 4.74 Å². The SMILES string of the molecule is CCN(CCNC(C)C1CCCO1)c1ccc(C)cc1. The number of aryl methyl sites for hydroxylation is 1. The fourth-order valence-corrected chi connectivity index (χ4v) is 2.78. The van der Waals surface area contributed by atoms with E-state index in [9.17, 15) is 0 Å². The average molecular weight is 276 g/mol. The number of benzene rings is 1. The van der Waals surface area contributed by atoms with E-state index in [2.05, 4.69) is 55.3 Å². The molecular formula is C17H28N2O. The molecule has 2 atom stereocenters. The Morgan fingerprint density at radius 3 is 2.70 bits per heavy atom. The smallest absolute Gasteiger partial charge is 0.0726 e. The summed E-state index contributed by atoms with van der Waals surface area (Å²) in [4.78, 5) is 2.41. The van der Waals surface area contributed by atoms with E-state index in [-0.39, 0.29) is 0 Å². The number of nitrogens with one attached hydrogen (secondary N) is 1. The predicted molar refractivity (Wildman–Crippen MR) is 85.5 cm³/mol. The summed E-state index contributed by atoms with van der Waals surface area (Å²) >= 11 is 0. The molecule has 0 bridgehead atoms. The first-order chi connectivity index (χ1) is 9.70. The molecule has 20 heavy (non-hydrogen) atoms. The summed E-state index contributed by atoms with van der Waals surface area (Å²) in [7, 11) is 0. The van der Waals surface area contributed by atoms with E-state index in [1.807, 2.05) is 0 Å². The van der Waals surface area contributed by atoms with Crippen LogP contribution in [-0.4, -0.2) is 38.4 Å². The summed E-state index contributed by atoms with van der Waals surface area (Å²) in [6.45, 7) is 10.6. The molecule has 2 rings (SSSR count). The van der Waals surface area contributed by atoms with Gasteiger partial charge in [-0.25, -0.2) is 0 Å². The van der Waals surface area contributed by atoms with Crippen molar-refractivity contribution in [1.29, 1.82) is 0 Å². The third-order valence-electron chi connectivity index (χ3n) is 4.15. The van der Waals surface area contributed by atoms with Crippen LogP contribution in [0.25, 0.3) is 0 Å². The summed E-state index contributed by atoms with van der Waals surface area (Å²) in [5.41, 5.74) is 2.62. The largest absolute Gasteiger partial charge is 0.377 e. The Hall–Kier alpha value is -1.06. The molecule has 3 nitrogen and oxygen atoms in total. The lowest BCUT2D eigenvalue weighted by Crippen LogP contribution is -2.41. The summed E-state index contributed by atoms with van der Waals surface area (Å²) in [6.07, 6.45) is 2.81. The van der Waals surface area contributed by atoms with Crippen LogP contribution in [0.1, 0.15) is 32.3 Å². The van der Waals surface area contributed by atoms with Gasteiger partial charge in [-0.3, -0.25) is 0 Å². The van der Waals surface area contributed by atoms with E-state index in [4.69, 9.17) is 4.74 Å². The van der Waals surface area contributed by atoms with Gasteiger partial charge >= 0.3 is 0 Å². The number of anilines is 1. The quantitative estimate of drug-likeness (QED) is 0.828. The second kappa shape index (κ2) is 7.65. The molecule has 1 N–H and O–H groups in total. The van der Waals surface area contributed by atoms with Crippen molar-refractivity contribution in [3.05, 3.63) is 29.8 Å². The number of nitrogens with zero attached hydrogens (tertiary/aromatic N) is 1. The minimum atomic E-state index is 0.407. The van der Waals surface area contributed by atoms with Gasteiger partial charge in [0.25, 0.3) is 0 Å². The lowest BCUT2D eigenvalue weighted by molar-refractivity contribution is 0.0841. The maximum Gasteiger partial charge on any atom is 0.0726 e. The van der Waals surface area contributed by atoms with Crippen LogP contribution >= 0.6 is 0 Å². The topological polar surface area (TPSA) is 24.5 Å². The van der Waals surface area contributed by atoms with Crippen LogP contribution < -0.4 is 10.2 Å². The molecule has 1 saturated heterocycles. The fraction of sp³-hybridized carbons (Fsp3) is 0.647. The molecule has 112 valence electrons. The lowest BCUT2D eigenvalue weighted by atomic mass is 10.1. The molecule has 1 aliphatic heterocycles. The number of likely N-dealkylation sites (N-methyl/N-ethyl adjacent to an activating group) is 1. The molecule has 2 unspecified atom stereocenters. The van der Waals surface area contributed by atoms with Crippen molar-refractivity contribution in [2.75, 3.05) is 31.1 Å². The zero-order valence-electron chi connectivity index (χ0n) is 13.1. The zero-order valence-corrected chi connectivity index (χ0v) is 13.1. The van der Waals surface area contributed by atoms with Crippen molar-refractivity contribution in [2.24, 2.45) is 0 Å². The van der Waals surface area contributed by atoms with Gasteiger partial charge in [0, 0.05) is 38.0 Å². The van der Waals surface area contributed by atoms with Crippen molar-refractivity contribution < 1.29 is 4.74 Å². The van der Waals surface area contributed by atoms with E-state index >= 15 is 0 Å². The van der Waals surface area contributed by atoms with E-state index in [1.54, 1.807) is 0 Å². The van der Waals surface area contributed by atoms with E-state index in [1.165, 1.54) is 24.1 Å². The minimum absolute atomic E-state index is 0.407. The zero-order chi connectivity index (χ0) is 14.4. The second-order valence-corrected chi connectivity index (χ2v) is 5.71.